The van der Waals surface area contributed by atoms with Gasteiger partial charge in [0.25, 0.3) is 5.91 Å². The molecule has 4 nitrogen and oxygen atoms in total. The summed E-state index contributed by atoms with van der Waals surface area (Å²) in [5.74, 6) is 0.0206. The number of halogens is 1. The van der Waals surface area contributed by atoms with Gasteiger partial charge in [-0.1, -0.05) is 48.0 Å². The zero-order valence-corrected chi connectivity index (χ0v) is 18.0. The molecule has 150 valence electrons. The smallest absolute Gasteiger partial charge is 0.273 e. The minimum Gasteiger partial charge on any atom is -0.336 e. The summed E-state index contributed by atoms with van der Waals surface area (Å²) in [6.45, 7) is 6.48. The van der Waals surface area contributed by atoms with Gasteiger partial charge in [-0.15, -0.1) is 11.3 Å². The summed E-state index contributed by atoms with van der Waals surface area (Å²) >= 11 is 7.57. The van der Waals surface area contributed by atoms with Crippen LogP contribution in [0.5, 0.6) is 0 Å². The Morgan fingerprint density at radius 2 is 1.97 bits per heavy atom. The quantitative estimate of drug-likeness (QED) is 0.582. The van der Waals surface area contributed by atoms with Crippen molar-refractivity contribution >= 4 is 28.8 Å². The third kappa shape index (κ3) is 4.86. The maximum Gasteiger partial charge on any atom is 0.273 e. The van der Waals surface area contributed by atoms with Gasteiger partial charge in [0, 0.05) is 48.7 Å². The predicted molar refractivity (Wildman–Crippen MR) is 120 cm³/mol. The highest BCUT2D eigenvalue weighted by Crippen LogP contribution is 2.26. The molecule has 0 atom stereocenters. The van der Waals surface area contributed by atoms with Crippen molar-refractivity contribution in [1.82, 2.24) is 14.8 Å². The first-order chi connectivity index (χ1) is 14.1. The Bertz CT molecular complexity index is 1000. The molecule has 1 fully saturated rings. The molecule has 6 heteroatoms. The second-order valence-electron chi connectivity index (χ2n) is 7.40. The monoisotopic (exact) mass is 425 g/mol. The molecule has 0 saturated carbocycles. The highest BCUT2D eigenvalue weighted by atomic mass is 35.5. The van der Waals surface area contributed by atoms with Gasteiger partial charge in [-0.3, -0.25) is 9.69 Å². The van der Waals surface area contributed by atoms with Gasteiger partial charge >= 0.3 is 0 Å². The lowest BCUT2D eigenvalue weighted by molar-refractivity contribution is 0.0756. The number of thiazole rings is 1. The predicted octanol–water partition coefficient (Wildman–Crippen LogP) is 5.12. The minimum atomic E-state index is 0.0206. The molecule has 1 aliphatic rings. The fourth-order valence-corrected chi connectivity index (χ4v) is 4.63. The van der Waals surface area contributed by atoms with E-state index < -0.39 is 0 Å². The highest BCUT2D eigenvalue weighted by Gasteiger charge is 2.22. The fraction of sp³-hybridized carbons (Fsp3) is 0.304. The van der Waals surface area contributed by atoms with Crippen molar-refractivity contribution in [2.45, 2.75) is 19.9 Å². The van der Waals surface area contributed by atoms with Gasteiger partial charge in [0.2, 0.25) is 0 Å². The number of nitrogens with zero attached hydrogens (tertiary/aromatic N) is 3. The van der Waals surface area contributed by atoms with E-state index >= 15 is 0 Å². The second-order valence-corrected chi connectivity index (χ2v) is 8.69. The molecule has 1 amide bonds. The standard InChI is InChI=1S/C23H24ClN3OS/c1-17-6-2-3-7-19(17)15-26-10-5-11-27(13-12-26)23(28)21-16-29-22(25-21)18-8-4-9-20(24)14-18/h2-4,6-9,14,16H,5,10-13,15H2,1H3. The Kier molecular flexibility index (Phi) is 6.28. The van der Waals surface area contributed by atoms with Crippen molar-refractivity contribution in [3.63, 3.8) is 0 Å². The molecule has 1 aliphatic heterocycles. The lowest BCUT2D eigenvalue weighted by Gasteiger charge is -2.22. The summed E-state index contributed by atoms with van der Waals surface area (Å²) in [4.78, 5) is 22.0. The van der Waals surface area contributed by atoms with E-state index in [-0.39, 0.29) is 5.91 Å². The maximum absolute atomic E-state index is 13.0. The van der Waals surface area contributed by atoms with Crippen LogP contribution >= 0.6 is 22.9 Å². The van der Waals surface area contributed by atoms with Crippen LogP contribution in [0.1, 0.15) is 28.0 Å². The minimum absolute atomic E-state index is 0.0206. The van der Waals surface area contributed by atoms with Crippen LogP contribution in [0.4, 0.5) is 0 Å². The Hall–Kier alpha value is -2.21. The molecule has 0 unspecified atom stereocenters. The summed E-state index contributed by atoms with van der Waals surface area (Å²) < 4.78 is 0. The lowest BCUT2D eigenvalue weighted by Crippen LogP contribution is -2.35. The first-order valence-corrected chi connectivity index (χ1v) is 11.1. The van der Waals surface area contributed by atoms with Crippen LogP contribution in [0.25, 0.3) is 10.6 Å². The summed E-state index contributed by atoms with van der Waals surface area (Å²) in [7, 11) is 0. The summed E-state index contributed by atoms with van der Waals surface area (Å²) in [6, 6.07) is 16.1. The zero-order chi connectivity index (χ0) is 20.2. The van der Waals surface area contributed by atoms with E-state index in [9.17, 15) is 4.79 Å². The third-order valence-corrected chi connectivity index (χ3v) is 6.45. The van der Waals surface area contributed by atoms with Crippen molar-refractivity contribution in [2.75, 3.05) is 26.2 Å². The van der Waals surface area contributed by atoms with E-state index in [2.05, 4.69) is 41.1 Å². The van der Waals surface area contributed by atoms with Crippen LogP contribution in [-0.2, 0) is 6.54 Å². The third-order valence-electron chi connectivity index (χ3n) is 5.33. The number of aryl methyl sites for hydroxylation is 1. The molecule has 2 aromatic carbocycles. The molecule has 0 N–H and O–H groups in total. The molecule has 0 spiro atoms. The van der Waals surface area contributed by atoms with E-state index in [1.807, 2.05) is 34.5 Å². The first kappa shape index (κ1) is 20.1. The van der Waals surface area contributed by atoms with Crippen LogP contribution in [0.15, 0.2) is 53.9 Å². The Labute approximate surface area is 180 Å². The van der Waals surface area contributed by atoms with Crippen LogP contribution in [0.2, 0.25) is 5.02 Å². The molecular formula is C23H24ClN3OS. The van der Waals surface area contributed by atoms with E-state index in [1.165, 1.54) is 22.5 Å². The molecular weight excluding hydrogens is 402 g/mol. The number of carbonyl (C=O) groups excluding carboxylic acids is 1. The fourth-order valence-electron chi connectivity index (χ4n) is 3.65. The lowest BCUT2D eigenvalue weighted by atomic mass is 10.1. The van der Waals surface area contributed by atoms with Gasteiger partial charge in [-0.05, 0) is 36.6 Å². The van der Waals surface area contributed by atoms with Gasteiger partial charge in [0.15, 0.2) is 0 Å². The van der Waals surface area contributed by atoms with Crippen LogP contribution in [0.3, 0.4) is 0 Å². The van der Waals surface area contributed by atoms with Crippen LogP contribution < -0.4 is 0 Å². The molecule has 0 radical (unpaired) electrons. The van der Waals surface area contributed by atoms with Crippen molar-refractivity contribution in [3.8, 4) is 10.6 Å². The Balaban J connectivity index is 1.40. The summed E-state index contributed by atoms with van der Waals surface area (Å²) in [5.41, 5.74) is 4.15. The highest BCUT2D eigenvalue weighted by molar-refractivity contribution is 7.13. The molecule has 1 aromatic heterocycles. The number of hydrogen-bond acceptors (Lipinski definition) is 4. The van der Waals surface area contributed by atoms with Gasteiger partial charge < -0.3 is 4.90 Å². The van der Waals surface area contributed by atoms with E-state index in [0.717, 1.165) is 49.7 Å². The van der Waals surface area contributed by atoms with E-state index in [1.54, 1.807) is 0 Å². The normalized spacial score (nSPS) is 15.3. The first-order valence-electron chi connectivity index (χ1n) is 9.88. The summed E-state index contributed by atoms with van der Waals surface area (Å²) in [6.07, 6.45) is 0.975. The van der Waals surface area contributed by atoms with Gasteiger partial charge in [0.1, 0.15) is 10.7 Å². The number of carbonyl (C=O) groups is 1. The average molecular weight is 426 g/mol. The van der Waals surface area contributed by atoms with Gasteiger partial charge in [-0.2, -0.15) is 0 Å². The molecule has 3 aromatic rings. The maximum atomic E-state index is 13.0. The number of rotatable bonds is 4. The number of aromatic nitrogens is 1. The van der Waals surface area contributed by atoms with Gasteiger partial charge in [-0.25, -0.2) is 4.98 Å². The van der Waals surface area contributed by atoms with Crippen molar-refractivity contribution in [1.29, 1.82) is 0 Å². The van der Waals surface area contributed by atoms with Crippen molar-refractivity contribution < 1.29 is 4.79 Å². The molecule has 29 heavy (non-hydrogen) atoms. The molecule has 1 saturated heterocycles. The van der Waals surface area contributed by atoms with Crippen LogP contribution in [-0.4, -0.2) is 46.9 Å². The van der Waals surface area contributed by atoms with Crippen molar-refractivity contribution in [3.05, 3.63) is 75.8 Å². The SMILES string of the molecule is Cc1ccccc1CN1CCCN(C(=O)c2csc(-c3cccc(Cl)c3)n2)CC1. The molecule has 0 aliphatic carbocycles. The largest absolute Gasteiger partial charge is 0.336 e. The van der Waals surface area contributed by atoms with Crippen molar-refractivity contribution in [2.24, 2.45) is 0 Å². The second kappa shape index (κ2) is 9.08. The topological polar surface area (TPSA) is 36.4 Å². The Morgan fingerprint density at radius 1 is 1.10 bits per heavy atom. The van der Waals surface area contributed by atoms with Gasteiger partial charge in [0.05, 0.1) is 0 Å². The Morgan fingerprint density at radius 3 is 2.79 bits per heavy atom. The van der Waals surface area contributed by atoms with E-state index in [0.29, 0.717) is 10.7 Å². The average Bonchev–Trinajstić information content (AvgIpc) is 3.10. The molecule has 0 bridgehead atoms. The number of hydrogen-bond donors (Lipinski definition) is 0. The number of amides is 1. The molecule has 4 rings (SSSR count). The molecule has 2 heterocycles. The number of benzene rings is 2. The van der Waals surface area contributed by atoms with E-state index in [4.69, 9.17) is 11.6 Å². The zero-order valence-electron chi connectivity index (χ0n) is 16.5. The van der Waals surface area contributed by atoms with Crippen LogP contribution in [0, 0.1) is 6.92 Å². The summed E-state index contributed by atoms with van der Waals surface area (Å²) in [5, 5.41) is 3.35.